The summed E-state index contributed by atoms with van der Waals surface area (Å²) >= 11 is 0. The maximum absolute atomic E-state index is 6.19. The van der Waals surface area contributed by atoms with Crippen molar-refractivity contribution in [3.05, 3.63) is 35.4 Å². The van der Waals surface area contributed by atoms with Gasteiger partial charge in [-0.2, -0.15) is 0 Å². The summed E-state index contributed by atoms with van der Waals surface area (Å²) in [4.78, 5) is 0. The molecule has 2 N–H and O–H groups in total. The second-order valence-electron chi connectivity index (χ2n) is 5.42. The second-order valence-corrected chi connectivity index (χ2v) is 5.42. The van der Waals surface area contributed by atoms with Crippen LogP contribution in [0.4, 0.5) is 0 Å². The van der Waals surface area contributed by atoms with Gasteiger partial charge in [0.05, 0.1) is 0 Å². The molecule has 2 heteroatoms. The molecule has 0 heterocycles. The summed E-state index contributed by atoms with van der Waals surface area (Å²) in [6.45, 7) is 6.73. The standard InChI is InChI=1S/C16H27N.ClH/c1-4-5-6-14-8-10-15(11-9-14)16(17)12-7-13(2)3;/h8-11,13,16H,4-7,12,17H2,1-3H3;1H/t16-;/m1./s1. The number of nitrogens with two attached hydrogens (primary N) is 1. The minimum Gasteiger partial charge on any atom is -0.324 e. The van der Waals surface area contributed by atoms with Crippen LogP contribution in [-0.4, -0.2) is 0 Å². The monoisotopic (exact) mass is 269 g/mol. The Morgan fingerprint density at radius 1 is 1.06 bits per heavy atom. The molecule has 0 bridgehead atoms. The second kappa shape index (κ2) is 9.41. The molecule has 18 heavy (non-hydrogen) atoms. The van der Waals surface area contributed by atoms with Gasteiger partial charge >= 0.3 is 0 Å². The fourth-order valence-electron chi connectivity index (χ4n) is 1.99. The van der Waals surface area contributed by atoms with Crippen LogP contribution in [0.15, 0.2) is 24.3 Å². The number of halogens is 1. The van der Waals surface area contributed by atoms with E-state index < -0.39 is 0 Å². The first-order valence-corrected chi connectivity index (χ1v) is 6.98. The van der Waals surface area contributed by atoms with Crippen LogP contribution in [0, 0.1) is 5.92 Å². The van der Waals surface area contributed by atoms with Gasteiger partial charge in [0, 0.05) is 6.04 Å². The molecule has 0 saturated carbocycles. The first-order chi connectivity index (χ1) is 8.13. The highest BCUT2D eigenvalue weighted by atomic mass is 35.5. The summed E-state index contributed by atoms with van der Waals surface area (Å²) in [5.74, 6) is 0.741. The van der Waals surface area contributed by atoms with Gasteiger partial charge in [0.2, 0.25) is 0 Å². The molecule has 0 fully saturated rings. The highest BCUT2D eigenvalue weighted by Crippen LogP contribution is 2.19. The minimum absolute atomic E-state index is 0. The number of benzene rings is 1. The predicted molar refractivity (Wildman–Crippen MR) is 83.3 cm³/mol. The first kappa shape index (κ1) is 17.5. The van der Waals surface area contributed by atoms with Crippen molar-refractivity contribution in [1.82, 2.24) is 0 Å². The Morgan fingerprint density at radius 2 is 1.67 bits per heavy atom. The maximum atomic E-state index is 6.19. The number of aryl methyl sites for hydroxylation is 1. The van der Waals surface area contributed by atoms with Crippen molar-refractivity contribution in [2.75, 3.05) is 0 Å². The van der Waals surface area contributed by atoms with Crippen LogP contribution < -0.4 is 5.73 Å². The predicted octanol–water partition coefficient (Wildman–Crippen LogP) is 4.89. The van der Waals surface area contributed by atoms with Gasteiger partial charge in [-0.3, -0.25) is 0 Å². The highest BCUT2D eigenvalue weighted by Gasteiger charge is 2.06. The molecule has 0 radical (unpaired) electrons. The van der Waals surface area contributed by atoms with E-state index in [1.807, 2.05) is 0 Å². The van der Waals surface area contributed by atoms with E-state index in [2.05, 4.69) is 45.0 Å². The molecule has 0 aliphatic carbocycles. The molecule has 0 aliphatic heterocycles. The van der Waals surface area contributed by atoms with E-state index >= 15 is 0 Å². The summed E-state index contributed by atoms with van der Waals surface area (Å²) in [7, 11) is 0. The fourth-order valence-corrected chi connectivity index (χ4v) is 1.99. The SMILES string of the molecule is CCCCc1ccc([C@H](N)CCC(C)C)cc1.Cl. The Hall–Kier alpha value is -0.530. The molecule has 104 valence electrons. The topological polar surface area (TPSA) is 26.0 Å². The lowest BCUT2D eigenvalue weighted by Crippen LogP contribution is -2.11. The summed E-state index contributed by atoms with van der Waals surface area (Å²) in [6, 6.07) is 9.09. The number of hydrogen-bond acceptors (Lipinski definition) is 1. The molecule has 1 nitrogen and oxygen atoms in total. The first-order valence-electron chi connectivity index (χ1n) is 6.98. The van der Waals surface area contributed by atoms with Crippen LogP contribution in [0.2, 0.25) is 0 Å². The zero-order valence-corrected chi connectivity index (χ0v) is 12.8. The zero-order valence-electron chi connectivity index (χ0n) is 12.0. The van der Waals surface area contributed by atoms with Crippen molar-refractivity contribution >= 4 is 12.4 Å². The van der Waals surface area contributed by atoms with E-state index in [0.29, 0.717) is 0 Å². The summed E-state index contributed by atoms with van der Waals surface area (Å²) < 4.78 is 0. The van der Waals surface area contributed by atoms with E-state index in [0.717, 1.165) is 12.3 Å². The molecule has 1 aromatic rings. The lowest BCUT2D eigenvalue weighted by atomic mass is 9.97. The van der Waals surface area contributed by atoms with Gasteiger partial charge in [-0.15, -0.1) is 12.4 Å². The zero-order chi connectivity index (χ0) is 12.7. The third-order valence-electron chi connectivity index (χ3n) is 3.28. The summed E-state index contributed by atoms with van der Waals surface area (Å²) in [5, 5.41) is 0. The molecule has 0 aromatic heterocycles. The van der Waals surface area contributed by atoms with Crippen LogP contribution in [0.3, 0.4) is 0 Å². The fraction of sp³-hybridized carbons (Fsp3) is 0.625. The number of hydrogen-bond donors (Lipinski definition) is 1. The molecule has 0 amide bonds. The van der Waals surface area contributed by atoms with Gasteiger partial charge in [-0.05, 0) is 42.7 Å². The molecule has 1 aromatic carbocycles. The normalized spacial score (nSPS) is 12.3. The smallest absolute Gasteiger partial charge is 0.0294 e. The van der Waals surface area contributed by atoms with Gasteiger partial charge in [-0.1, -0.05) is 51.5 Å². The van der Waals surface area contributed by atoms with Crippen molar-refractivity contribution in [3.8, 4) is 0 Å². The van der Waals surface area contributed by atoms with E-state index in [-0.39, 0.29) is 18.4 Å². The lowest BCUT2D eigenvalue weighted by molar-refractivity contribution is 0.507. The largest absolute Gasteiger partial charge is 0.324 e. The van der Waals surface area contributed by atoms with E-state index in [1.54, 1.807) is 0 Å². The maximum Gasteiger partial charge on any atom is 0.0294 e. The van der Waals surface area contributed by atoms with Gasteiger partial charge < -0.3 is 5.73 Å². The Bertz CT molecular complexity index is 305. The average Bonchev–Trinajstić information content (AvgIpc) is 2.34. The Kier molecular flexibility index (Phi) is 9.13. The lowest BCUT2D eigenvalue weighted by Gasteiger charge is -2.14. The Labute approximate surface area is 119 Å². The molecular formula is C16H28ClN. The van der Waals surface area contributed by atoms with Crippen LogP contribution in [0.5, 0.6) is 0 Å². The van der Waals surface area contributed by atoms with Gasteiger partial charge in [0.1, 0.15) is 0 Å². The molecule has 0 aliphatic rings. The highest BCUT2D eigenvalue weighted by molar-refractivity contribution is 5.85. The quantitative estimate of drug-likeness (QED) is 0.750. The van der Waals surface area contributed by atoms with Crippen LogP contribution in [0.1, 0.15) is 63.6 Å². The molecule has 0 saturated heterocycles. The number of unbranched alkanes of at least 4 members (excludes halogenated alkanes) is 1. The van der Waals surface area contributed by atoms with Crippen molar-refractivity contribution in [3.63, 3.8) is 0 Å². The third kappa shape index (κ3) is 6.42. The molecule has 1 rings (SSSR count). The van der Waals surface area contributed by atoms with Gasteiger partial charge in [-0.25, -0.2) is 0 Å². The minimum atomic E-state index is 0. The number of rotatable bonds is 7. The van der Waals surface area contributed by atoms with Gasteiger partial charge in [0.15, 0.2) is 0 Å². The molecule has 0 spiro atoms. The average molecular weight is 270 g/mol. The van der Waals surface area contributed by atoms with Crippen molar-refractivity contribution in [2.45, 2.75) is 58.9 Å². The van der Waals surface area contributed by atoms with Crippen molar-refractivity contribution in [1.29, 1.82) is 0 Å². The van der Waals surface area contributed by atoms with Crippen LogP contribution in [-0.2, 0) is 6.42 Å². The van der Waals surface area contributed by atoms with Crippen molar-refractivity contribution in [2.24, 2.45) is 11.7 Å². The van der Waals surface area contributed by atoms with Gasteiger partial charge in [0.25, 0.3) is 0 Å². The van der Waals surface area contributed by atoms with Crippen molar-refractivity contribution < 1.29 is 0 Å². The molecular weight excluding hydrogens is 242 g/mol. The third-order valence-corrected chi connectivity index (χ3v) is 3.28. The van der Waals surface area contributed by atoms with Crippen LogP contribution in [0.25, 0.3) is 0 Å². The Morgan fingerprint density at radius 3 is 2.17 bits per heavy atom. The molecule has 0 unspecified atom stereocenters. The molecule has 1 atom stereocenters. The van der Waals surface area contributed by atoms with E-state index in [1.165, 1.54) is 36.8 Å². The van der Waals surface area contributed by atoms with Crippen LogP contribution >= 0.6 is 12.4 Å². The van der Waals surface area contributed by atoms with E-state index in [9.17, 15) is 0 Å². The summed E-state index contributed by atoms with van der Waals surface area (Å²) in [6.07, 6.45) is 6.02. The van der Waals surface area contributed by atoms with E-state index in [4.69, 9.17) is 5.73 Å². The Balaban J connectivity index is 0.00000289. The summed E-state index contributed by atoms with van der Waals surface area (Å²) in [5.41, 5.74) is 8.91.